The van der Waals surface area contributed by atoms with E-state index >= 15 is 0 Å². The van der Waals surface area contributed by atoms with Crippen LogP contribution in [-0.2, 0) is 17.5 Å². The lowest BCUT2D eigenvalue weighted by Crippen LogP contribution is -2.16. The Bertz CT molecular complexity index is 1050. The van der Waals surface area contributed by atoms with E-state index < -0.39 is 24.4 Å². The molecule has 2 heterocycles. The van der Waals surface area contributed by atoms with Crippen LogP contribution in [0.1, 0.15) is 17.8 Å². The predicted molar refractivity (Wildman–Crippen MR) is 99.2 cm³/mol. The number of halogens is 6. The highest BCUT2D eigenvalue weighted by atomic mass is 79.9. The molecule has 2 aromatic heterocycles. The van der Waals surface area contributed by atoms with E-state index in [0.717, 1.165) is 16.0 Å². The fraction of sp³-hybridized carbons (Fsp3) is 0.312. The maximum absolute atomic E-state index is 12.9. The number of amides is 1. The Morgan fingerprint density at radius 3 is 2.72 bits per heavy atom. The average molecular weight is 499 g/mol. The largest absolute Gasteiger partial charge is 0.436 e. The number of fused-ring (bicyclic) bond motifs is 1. The summed E-state index contributed by atoms with van der Waals surface area (Å²) < 4.78 is 69.0. The van der Waals surface area contributed by atoms with E-state index in [-0.39, 0.29) is 34.0 Å². The SMILES string of the molecule is Cc1c(Br)c(C(F)(F)F)nn1CCC(=O)Nc1nc2ccc(OC(F)F)cc2s1. The van der Waals surface area contributed by atoms with Crippen molar-refractivity contribution in [3.05, 3.63) is 34.1 Å². The van der Waals surface area contributed by atoms with Crippen molar-refractivity contribution in [2.75, 3.05) is 5.32 Å². The zero-order valence-electron chi connectivity index (χ0n) is 14.6. The van der Waals surface area contributed by atoms with Crippen molar-refractivity contribution in [1.82, 2.24) is 14.8 Å². The van der Waals surface area contributed by atoms with Gasteiger partial charge in [0.25, 0.3) is 0 Å². The van der Waals surface area contributed by atoms with Gasteiger partial charge in [0.1, 0.15) is 5.75 Å². The lowest BCUT2D eigenvalue weighted by molar-refractivity contribution is -0.142. The normalized spacial score (nSPS) is 12.0. The molecule has 6 nitrogen and oxygen atoms in total. The molecular weight excluding hydrogens is 487 g/mol. The number of aryl methyl sites for hydroxylation is 1. The monoisotopic (exact) mass is 498 g/mol. The summed E-state index contributed by atoms with van der Waals surface area (Å²) >= 11 is 3.92. The molecule has 0 unspecified atom stereocenters. The third-order valence-corrected chi connectivity index (χ3v) is 5.67. The molecule has 0 aliphatic heterocycles. The standard InChI is InChI=1S/C16H12BrF5N4O2S/c1-7-12(17)13(16(20,21)22)25-26(7)5-4-11(27)24-15-23-9-3-2-8(28-14(18)19)6-10(9)29-15/h2-3,6,14H,4-5H2,1H3,(H,23,24,27). The third-order valence-electron chi connectivity index (χ3n) is 3.78. The van der Waals surface area contributed by atoms with E-state index in [1.165, 1.54) is 25.1 Å². The highest BCUT2D eigenvalue weighted by Crippen LogP contribution is 2.35. The quantitative estimate of drug-likeness (QED) is 0.473. The summed E-state index contributed by atoms with van der Waals surface area (Å²) in [6.07, 6.45) is -4.74. The van der Waals surface area contributed by atoms with E-state index in [4.69, 9.17) is 0 Å². The Labute approximate surface area is 172 Å². The fourth-order valence-corrected chi connectivity index (χ4v) is 3.87. The summed E-state index contributed by atoms with van der Waals surface area (Å²) in [5.41, 5.74) is -0.325. The summed E-state index contributed by atoms with van der Waals surface area (Å²) in [6.45, 7) is -1.57. The van der Waals surface area contributed by atoms with Crippen LogP contribution in [-0.4, -0.2) is 27.3 Å². The molecule has 0 bridgehead atoms. The van der Waals surface area contributed by atoms with Crippen molar-refractivity contribution in [3.8, 4) is 5.75 Å². The minimum Gasteiger partial charge on any atom is -0.435 e. The van der Waals surface area contributed by atoms with E-state index in [1.807, 2.05) is 0 Å². The number of ether oxygens (including phenoxy) is 1. The molecule has 0 spiro atoms. The first-order valence-corrected chi connectivity index (χ1v) is 9.61. The first-order chi connectivity index (χ1) is 13.5. The van der Waals surface area contributed by atoms with Crippen molar-refractivity contribution in [3.63, 3.8) is 0 Å². The lowest BCUT2D eigenvalue weighted by Gasteiger charge is -2.04. The number of aromatic nitrogens is 3. The molecule has 29 heavy (non-hydrogen) atoms. The van der Waals surface area contributed by atoms with Crippen molar-refractivity contribution < 1.29 is 31.5 Å². The summed E-state index contributed by atoms with van der Waals surface area (Å²) in [5.74, 6) is -0.512. The zero-order valence-corrected chi connectivity index (χ0v) is 17.0. The smallest absolute Gasteiger partial charge is 0.435 e. The molecule has 0 radical (unpaired) electrons. The van der Waals surface area contributed by atoms with Gasteiger partial charge in [0.15, 0.2) is 10.8 Å². The third kappa shape index (κ3) is 5.01. The number of hydrogen-bond donors (Lipinski definition) is 1. The van der Waals surface area contributed by atoms with E-state index in [0.29, 0.717) is 10.2 Å². The van der Waals surface area contributed by atoms with Gasteiger partial charge >= 0.3 is 12.8 Å². The van der Waals surface area contributed by atoms with Crippen LogP contribution < -0.4 is 10.1 Å². The molecule has 0 atom stereocenters. The van der Waals surface area contributed by atoms with Crippen molar-refractivity contribution in [2.45, 2.75) is 32.7 Å². The number of anilines is 1. The van der Waals surface area contributed by atoms with Crippen LogP contribution in [0.15, 0.2) is 22.7 Å². The number of alkyl halides is 5. The van der Waals surface area contributed by atoms with E-state index in [9.17, 15) is 26.7 Å². The van der Waals surface area contributed by atoms with Gasteiger partial charge in [0, 0.05) is 6.42 Å². The number of thiazole rings is 1. The topological polar surface area (TPSA) is 69.0 Å². The minimum atomic E-state index is -4.61. The minimum absolute atomic E-state index is 0.0331. The number of benzene rings is 1. The van der Waals surface area contributed by atoms with Crippen LogP contribution in [0.25, 0.3) is 10.2 Å². The summed E-state index contributed by atoms with van der Waals surface area (Å²) in [6, 6.07) is 4.18. The van der Waals surface area contributed by atoms with E-state index in [1.54, 1.807) is 0 Å². The Kier molecular flexibility index (Phi) is 6.08. The highest BCUT2D eigenvalue weighted by molar-refractivity contribution is 9.10. The van der Waals surface area contributed by atoms with Gasteiger partial charge in [0.2, 0.25) is 5.91 Å². The lowest BCUT2D eigenvalue weighted by atomic mass is 10.3. The number of rotatable bonds is 6. The molecule has 0 saturated carbocycles. The van der Waals surface area contributed by atoms with Crippen LogP contribution in [0, 0.1) is 6.92 Å². The zero-order chi connectivity index (χ0) is 21.3. The predicted octanol–water partition coefficient (Wildman–Crippen LogP) is 5.21. The number of nitrogens with one attached hydrogen (secondary N) is 1. The van der Waals surface area contributed by atoms with Crippen LogP contribution in [0.4, 0.5) is 27.1 Å². The van der Waals surface area contributed by atoms with Crippen molar-refractivity contribution >= 4 is 48.5 Å². The molecule has 1 amide bonds. The average Bonchev–Trinajstić information content (AvgIpc) is 3.13. The van der Waals surface area contributed by atoms with Crippen molar-refractivity contribution in [2.24, 2.45) is 0 Å². The summed E-state index contributed by atoms with van der Waals surface area (Å²) in [7, 11) is 0. The van der Waals surface area contributed by atoms with Crippen LogP contribution >= 0.6 is 27.3 Å². The van der Waals surface area contributed by atoms with Gasteiger partial charge in [-0.05, 0) is 41.1 Å². The molecule has 0 fully saturated rings. The molecule has 0 aliphatic carbocycles. The van der Waals surface area contributed by atoms with Gasteiger partial charge in [-0.1, -0.05) is 11.3 Å². The fourth-order valence-electron chi connectivity index (χ4n) is 2.45. The van der Waals surface area contributed by atoms with E-state index in [2.05, 4.69) is 36.1 Å². The maximum atomic E-state index is 12.9. The van der Waals surface area contributed by atoms with Crippen LogP contribution in [0.5, 0.6) is 5.75 Å². The molecule has 13 heteroatoms. The second-order valence-corrected chi connectivity index (χ2v) is 7.62. The number of nitrogens with zero attached hydrogens (tertiary/aromatic N) is 3. The number of carbonyl (C=O) groups is 1. The molecule has 0 saturated heterocycles. The first-order valence-electron chi connectivity index (χ1n) is 8.00. The van der Waals surface area contributed by atoms with Crippen LogP contribution in [0.3, 0.4) is 0 Å². The van der Waals surface area contributed by atoms with Crippen molar-refractivity contribution in [1.29, 1.82) is 0 Å². The summed E-state index contributed by atoms with van der Waals surface area (Å²) in [4.78, 5) is 16.3. The molecular formula is C16H12BrF5N4O2S. The van der Waals surface area contributed by atoms with Gasteiger partial charge in [-0.2, -0.15) is 27.1 Å². The molecule has 1 aromatic carbocycles. The Balaban J connectivity index is 1.65. The second-order valence-electron chi connectivity index (χ2n) is 5.79. The Hall–Kier alpha value is -2.28. The Morgan fingerprint density at radius 1 is 1.38 bits per heavy atom. The second kappa shape index (κ2) is 8.22. The van der Waals surface area contributed by atoms with Crippen LogP contribution in [0.2, 0.25) is 0 Å². The number of carbonyl (C=O) groups excluding carboxylic acids is 1. The van der Waals surface area contributed by atoms with Gasteiger partial charge in [-0.15, -0.1) is 0 Å². The van der Waals surface area contributed by atoms with Gasteiger partial charge < -0.3 is 10.1 Å². The first kappa shape index (κ1) is 21.4. The van der Waals surface area contributed by atoms with Gasteiger partial charge in [-0.3, -0.25) is 9.48 Å². The highest BCUT2D eigenvalue weighted by Gasteiger charge is 2.37. The number of hydrogen-bond acceptors (Lipinski definition) is 5. The molecule has 3 rings (SSSR count). The Morgan fingerprint density at radius 2 is 2.10 bits per heavy atom. The molecule has 0 aliphatic rings. The summed E-state index contributed by atoms with van der Waals surface area (Å²) in [5, 5.41) is 6.27. The van der Waals surface area contributed by atoms with Gasteiger partial charge in [0.05, 0.1) is 26.9 Å². The molecule has 156 valence electrons. The maximum Gasteiger partial charge on any atom is 0.436 e. The van der Waals surface area contributed by atoms with Gasteiger partial charge in [-0.25, -0.2) is 4.98 Å². The molecule has 3 aromatic rings. The molecule has 1 N–H and O–H groups in total.